The molecule has 0 aromatic heterocycles. The molecule has 3 heteroatoms. The second-order valence-corrected chi connectivity index (χ2v) is 3.39. The minimum Gasteiger partial charge on any atom is -0.507 e. The molecule has 3 nitrogen and oxygen atoms in total. The van der Waals surface area contributed by atoms with Gasteiger partial charge in [0.15, 0.2) is 0 Å². The van der Waals surface area contributed by atoms with Crippen molar-refractivity contribution in [1.82, 2.24) is 0 Å². The van der Waals surface area contributed by atoms with Gasteiger partial charge >= 0.3 is 0 Å². The Morgan fingerprint density at radius 2 is 2.14 bits per heavy atom. The SMILES string of the molecule is CON=Cc1cc(C(C)C)ccc1O. The highest BCUT2D eigenvalue weighted by Crippen LogP contribution is 2.21. The molecule has 0 unspecified atom stereocenters. The zero-order valence-electron chi connectivity index (χ0n) is 8.69. The number of nitrogens with zero attached hydrogens (tertiary/aromatic N) is 1. The lowest BCUT2D eigenvalue weighted by Crippen LogP contribution is -1.90. The van der Waals surface area contributed by atoms with Crippen molar-refractivity contribution in [3.8, 4) is 5.75 Å². The molecule has 1 aromatic carbocycles. The van der Waals surface area contributed by atoms with Crippen molar-refractivity contribution in [2.24, 2.45) is 5.16 Å². The van der Waals surface area contributed by atoms with Gasteiger partial charge in [-0.05, 0) is 23.6 Å². The number of phenols is 1. The van der Waals surface area contributed by atoms with Crippen LogP contribution < -0.4 is 0 Å². The summed E-state index contributed by atoms with van der Waals surface area (Å²) in [4.78, 5) is 4.56. The van der Waals surface area contributed by atoms with Crippen molar-refractivity contribution in [2.75, 3.05) is 7.11 Å². The van der Waals surface area contributed by atoms with Crippen LogP contribution in [0.2, 0.25) is 0 Å². The molecule has 0 amide bonds. The fourth-order valence-electron chi connectivity index (χ4n) is 1.15. The average molecular weight is 193 g/mol. The topological polar surface area (TPSA) is 41.8 Å². The van der Waals surface area contributed by atoms with E-state index in [0.29, 0.717) is 11.5 Å². The van der Waals surface area contributed by atoms with Crippen molar-refractivity contribution in [2.45, 2.75) is 19.8 Å². The van der Waals surface area contributed by atoms with E-state index in [0.717, 1.165) is 0 Å². The first-order valence-corrected chi connectivity index (χ1v) is 4.54. The lowest BCUT2D eigenvalue weighted by Gasteiger charge is -2.06. The van der Waals surface area contributed by atoms with Gasteiger partial charge in [-0.1, -0.05) is 25.1 Å². The number of phenolic OH excluding ortho intramolecular Hbond substituents is 1. The Labute approximate surface area is 84.0 Å². The largest absolute Gasteiger partial charge is 0.507 e. The Morgan fingerprint density at radius 1 is 1.43 bits per heavy atom. The van der Waals surface area contributed by atoms with Crippen LogP contribution in [0.3, 0.4) is 0 Å². The first-order chi connectivity index (χ1) is 6.65. The molecule has 0 spiro atoms. The summed E-state index contributed by atoms with van der Waals surface area (Å²) in [7, 11) is 1.47. The maximum Gasteiger partial charge on any atom is 0.124 e. The van der Waals surface area contributed by atoms with Gasteiger partial charge in [-0.25, -0.2) is 0 Å². The smallest absolute Gasteiger partial charge is 0.124 e. The maximum atomic E-state index is 9.50. The molecule has 0 saturated heterocycles. The average Bonchev–Trinajstić information content (AvgIpc) is 2.16. The lowest BCUT2D eigenvalue weighted by atomic mass is 10.0. The summed E-state index contributed by atoms with van der Waals surface area (Å²) in [5, 5.41) is 13.1. The fraction of sp³-hybridized carbons (Fsp3) is 0.364. The van der Waals surface area contributed by atoms with E-state index in [1.54, 1.807) is 6.07 Å². The number of hydrogen-bond donors (Lipinski definition) is 1. The highest BCUT2D eigenvalue weighted by molar-refractivity contribution is 5.83. The normalized spacial score (nSPS) is 11.1. The van der Waals surface area contributed by atoms with Gasteiger partial charge in [0, 0.05) is 5.56 Å². The zero-order chi connectivity index (χ0) is 10.6. The maximum absolute atomic E-state index is 9.50. The number of benzene rings is 1. The third-order valence-electron chi connectivity index (χ3n) is 2.02. The van der Waals surface area contributed by atoms with Gasteiger partial charge in [0.25, 0.3) is 0 Å². The van der Waals surface area contributed by atoms with Gasteiger partial charge in [0.1, 0.15) is 12.9 Å². The van der Waals surface area contributed by atoms with Crippen LogP contribution in [0.5, 0.6) is 5.75 Å². The molecule has 0 saturated carbocycles. The molecule has 76 valence electrons. The quantitative estimate of drug-likeness (QED) is 0.592. The van der Waals surface area contributed by atoms with Crippen molar-refractivity contribution in [1.29, 1.82) is 0 Å². The molecule has 0 heterocycles. The summed E-state index contributed by atoms with van der Waals surface area (Å²) >= 11 is 0. The molecule has 0 aliphatic heterocycles. The van der Waals surface area contributed by atoms with Crippen LogP contribution in [0.15, 0.2) is 23.4 Å². The molecule has 0 aliphatic rings. The summed E-state index contributed by atoms with van der Waals surface area (Å²) in [5.41, 5.74) is 1.85. The van der Waals surface area contributed by atoms with Gasteiger partial charge in [-0.2, -0.15) is 0 Å². The predicted octanol–water partition coefficient (Wildman–Crippen LogP) is 2.50. The Balaban J connectivity index is 3.02. The van der Waals surface area contributed by atoms with E-state index >= 15 is 0 Å². The summed E-state index contributed by atoms with van der Waals surface area (Å²) in [6.07, 6.45) is 1.50. The molecule has 0 radical (unpaired) electrons. The Hall–Kier alpha value is -1.51. The van der Waals surface area contributed by atoms with E-state index < -0.39 is 0 Å². The lowest BCUT2D eigenvalue weighted by molar-refractivity contribution is 0.215. The first-order valence-electron chi connectivity index (χ1n) is 4.54. The summed E-state index contributed by atoms with van der Waals surface area (Å²) in [6.45, 7) is 4.20. The minimum absolute atomic E-state index is 0.218. The van der Waals surface area contributed by atoms with Crippen LogP contribution in [-0.2, 0) is 4.84 Å². The summed E-state index contributed by atoms with van der Waals surface area (Å²) < 4.78 is 0. The van der Waals surface area contributed by atoms with E-state index in [1.165, 1.54) is 18.9 Å². The molecule has 0 fully saturated rings. The monoisotopic (exact) mass is 193 g/mol. The Morgan fingerprint density at radius 3 is 2.71 bits per heavy atom. The second-order valence-electron chi connectivity index (χ2n) is 3.39. The molecule has 14 heavy (non-hydrogen) atoms. The van der Waals surface area contributed by atoms with Crippen molar-refractivity contribution in [3.63, 3.8) is 0 Å². The Bertz CT molecular complexity index is 332. The molecule has 0 bridgehead atoms. The van der Waals surface area contributed by atoms with Crippen LogP contribution >= 0.6 is 0 Å². The van der Waals surface area contributed by atoms with Gasteiger partial charge < -0.3 is 9.94 Å². The zero-order valence-corrected chi connectivity index (χ0v) is 8.69. The van der Waals surface area contributed by atoms with Crippen molar-refractivity contribution in [3.05, 3.63) is 29.3 Å². The third-order valence-corrected chi connectivity index (χ3v) is 2.02. The highest BCUT2D eigenvalue weighted by atomic mass is 16.6. The molecule has 0 atom stereocenters. The summed E-state index contributed by atoms with van der Waals surface area (Å²) in [5.74, 6) is 0.653. The minimum atomic E-state index is 0.218. The van der Waals surface area contributed by atoms with Gasteiger partial charge in [0.2, 0.25) is 0 Å². The number of oxime groups is 1. The van der Waals surface area contributed by atoms with E-state index in [9.17, 15) is 5.11 Å². The molecule has 1 aromatic rings. The number of aromatic hydroxyl groups is 1. The van der Waals surface area contributed by atoms with E-state index in [-0.39, 0.29) is 5.75 Å². The van der Waals surface area contributed by atoms with Crippen molar-refractivity contribution >= 4 is 6.21 Å². The van der Waals surface area contributed by atoms with E-state index in [4.69, 9.17) is 0 Å². The molecule has 1 rings (SSSR count). The first kappa shape index (κ1) is 10.6. The number of rotatable bonds is 3. The number of hydrogen-bond acceptors (Lipinski definition) is 3. The Kier molecular flexibility index (Phi) is 3.51. The van der Waals surface area contributed by atoms with Crippen LogP contribution in [0.25, 0.3) is 0 Å². The molecular formula is C11H15NO2. The van der Waals surface area contributed by atoms with Crippen LogP contribution in [0.4, 0.5) is 0 Å². The highest BCUT2D eigenvalue weighted by Gasteiger charge is 2.03. The van der Waals surface area contributed by atoms with Crippen LogP contribution in [0, 0.1) is 0 Å². The van der Waals surface area contributed by atoms with E-state index in [2.05, 4.69) is 23.8 Å². The third kappa shape index (κ3) is 2.49. The van der Waals surface area contributed by atoms with Crippen LogP contribution in [-0.4, -0.2) is 18.4 Å². The van der Waals surface area contributed by atoms with E-state index in [1.807, 2.05) is 12.1 Å². The second kappa shape index (κ2) is 4.65. The van der Waals surface area contributed by atoms with Gasteiger partial charge in [0.05, 0.1) is 6.21 Å². The molecule has 1 N–H and O–H groups in total. The molecular weight excluding hydrogens is 178 g/mol. The van der Waals surface area contributed by atoms with Gasteiger partial charge in [-0.3, -0.25) is 0 Å². The standard InChI is InChI=1S/C11H15NO2/c1-8(2)9-4-5-11(13)10(6-9)7-12-14-3/h4-8,13H,1-3H3. The van der Waals surface area contributed by atoms with Crippen molar-refractivity contribution < 1.29 is 9.94 Å². The fourth-order valence-corrected chi connectivity index (χ4v) is 1.15. The predicted molar refractivity (Wildman–Crippen MR) is 56.8 cm³/mol. The molecule has 0 aliphatic carbocycles. The summed E-state index contributed by atoms with van der Waals surface area (Å²) in [6, 6.07) is 5.49. The van der Waals surface area contributed by atoms with Gasteiger partial charge in [-0.15, -0.1) is 0 Å². The van der Waals surface area contributed by atoms with Crippen LogP contribution in [0.1, 0.15) is 30.9 Å².